The lowest BCUT2D eigenvalue weighted by Crippen LogP contribution is -2.44. The summed E-state index contributed by atoms with van der Waals surface area (Å²) in [6.45, 7) is 1.68. The van der Waals surface area contributed by atoms with Crippen LogP contribution in [0.4, 0.5) is 4.79 Å². The molecule has 0 bridgehead atoms. The summed E-state index contributed by atoms with van der Waals surface area (Å²) in [6.07, 6.45) is 3.80. The second-order valence-electron chi connectivity index (χ2n) is 3.82. The molecule has 1 aliphatic carbocycles. The molecule has 0 unspecified atom stereocenters. The van der Waals surface area contributed by atoms with Crippen molar-refractivity contribution in [1.29, 1.82) is 5.26 Å². The zero-order valence-corrected chi connectivity index (χ0v) is 7.55. The highest BCUT2D eigenvalue weighted by Gasteiger charge is 2.45. The van der Waals surface area contributed by atoms with Crippen LogP contribution in [0.3, 0.4) is 0 Å². The van der Waals surface area contributed by atoms with Crippen molar-refractivity contribution < 1.29 is 4.79 Å². The van der Waals surface area contributed by atoms with Crippen LogP contribution in [0.5, 0.6) is 0 Å². The maximum absolute atomic E-state index is 11.5. The Morgan fingerprint density at radius 2 is 2.00 bits per heavy atom. The van der Waals surface area contributed by atoms with Crippen LogP contribution in [-0.2, 0) is 0 Å². The molecule has 2 fully saturated rings. The summed E-state index contributed by atoms with van der Waals surface area (Å²) in [6, 6.07) is 2.09. The summed E-state index contributed by atoms with van der Waals surface area (Å²) in [5.41, 5.74) is -0.514. The van der Waals surface area contributed by atoms with Crippen LogP contribution < -0.4 is 5.32 Å². The van der Waals surface area contributed by atoms with Gasteiger partial charge < -0.3 is 10.2 Å². The molecule has 0 radical (unpaired) electrons. The van der Waals surface area contributed by atoms with E-state index >= 15 is 0 Å². The van der Waals surface area contributed by atoms with Crippen LogP contribution in [0, 0.1) is 11.3 Å². The molecule has 2 rings (SSSR count). The van der Waals surface area contributed by atoms with Crippen molar-refractivity contribution in [3.63, 3.8) is 0 Å². The van der Waals surface area contributed by atoms with Crippen molar-refractivity contribution >= 4 is 6.03 Å². The minimum absolute atomic E-state index is 0.0587. The number of likely N-dealkylation sites (tertiary alicyclic amines) is 1. The number of carbonyl (C=O) groups is 1. The second kappa shape index (κ2) is 2.91. The largest absolute Gasteiger partial charge is 0.325 e. The summed E-state index contributed by atoms with van der Waals surface area (Å²) < 4.78 is 0. The first kappa shape index (κ1) is 8.36. The van der Waals surface area contributed by atoms with Gasteiger partial charge in [-0.05, 0) is 25.7 Å². The third-order valence-corrected chi connectivity index (χ3v) is 2.70. The van der Waals surface area contributed by atoms with Crippen molar-refractivity contribution in [1.82, 2.24) is 10.2 Å². The standard InChI is InChI=1S/C9H13N3O/c10-7-9(3-4-9)11-8(13)12-5-1-2-6-12/h1-6H2,(H,11,13). The lowest BCUT2D eigenvalue weighted by molar-refractivity contribution is 0.206. The Kier molecular flexibility index (Phi) is 1.87. The van der Waals surface area contributed by atoms with Crippen molar-refractivity contribution in [2.75, 3.05) is 13.1 Å². The van der Waals surface area contributed by atoms with E-state index in [0.29, 0.717) is 0 Å². The number of hydrogen-bond acceptors (Lipinski definition) is 2. The van der Waals surface area contributed by atoms with Gasteiger partial charge in [-0.15, -0.1) is 0 Å². The maximum Gasteiger partial charge on any atom is 0.318 e. The number of nitriles is 1. The van der Waals surface area contributed by atoms with Crippen molar-refractivity contribution in [2.45, 2.75) is 31.2 Å². The highest BCUT2D eigenvalue weighted by atomic mass is 16.2. The average Bonchev–Trinajstić information content (AvgIpc) is 2.69. The molecule has 1 saturated carbocycles. The molecular weight excluding hydrogens is 166 g/mol. The molecule has 0 aromatic rings. The average molecular weight is 179 g/mol. The summed E-state index contributed by atoms with van der Waals surface area (Å²) >= 11 is 0. The molecule has 1 N–H and O–H groups in total. The second-order valence-corrected chi connectivity index (χ2v) is 3.82. The number of nitrogens with zero attached hydrogens (tertiary/aromatic N) is 2. The summed E-state index contributed by atoms with van der Waals surface area (Å²) in [7, 11) is 0. The monoisotopic (exact) mass is 179 g/mol. The molecule has 1 aliphatic heterocycles. The number of amides is 2. The molecule has 0 aromatic carbocycles. The predicted molar refractivity (Wildman–Crippen MR) is 46.9 cm³/mol. The number of hydrogen-bond donors (Lipinski definition) is 1. The van der Waals surface area contributed by atoms with Gasteiger partial charge in [0, 0.05) is 13.1 Å². The quantitative estimate of drug-likeness (QED) is 0.648. The van der Waals surface area contributed by atoms with E-state index in [9.17, 15) is 4.79 Å². The van der Waals surface area contributed by atoms with Crippen LogP contribution >= 0.6 is 0 Å². The van der Waals surface area contributed by atoms with E-state index in [4.69, 9.17) is 5.26 Å². The maximum atomic E-state index is 11.5. The van der Waals surface area contributed by atoms with E-state index in [1.54, 1.807) is 4.90 Å². The molecule has 1 heterocycles. The molecule has 0 atom stereocenters. The van der Waals surface area contributed by atoms with Gasteiger partial charge in [0.05, 0.1) is 6.07 Å². The SMILES string of the molecule is N#CC1(NC(=O)N2CCCC2)CC1. The van der Waals surface area contributed by atoms with Gasteiger partial charge >= 0.3 is 6.03 Å². The molecule has 0 aromatic heterocycles. The van der Waals surface area contributed by atoms with Crippen molar-refractivity contribution in [3.05, 3.63) is 0 Å². The van der Waals surface area contributed by atoms with Crippen LogP contribution in [0.15, 0.2) is 0 Å². The van der Waals surface area contributed by atoms with E-state index < -0.39 is 5.54 Å². The van der Waals surface area contributed by atoms with Crippen LogP contribution in [0.25, 0.3) is 0 Å². The fraction of sp³-hybridized carbons (Fsp3) is 0.778. The number of urea groups is 1. The van der Waals surface area contributed by atoms with Crippen LogP contribution in [-0.4, -0.2) is 29.6 Å². The lowest BCUT2D eigenvalue weighted by Gasteiger charge is -2.18. The first-order chi connectivity index (χ1) is 6.26. The summed E-state index contributed by atoms with van der Waals surface area (Å²) in [5, 5.41) is 11.5. The molecule has 1 saturated heterocycles. The van der Waals surface area contributed by atoms with Gasteiger partial charge in [-0.25, -0.2) is 4.79 Å². The highest BCUT2D eigenvalue weighted by Crippen LogP contribution is 2.34. The van der Waals surface area contributed by atoms with Crippen molar-refractivity contribution in [2.24, 2.45) is 0 Å². The van der Waals surface area contributed by atoms with Gasteiger partial charge in [0.25, 0.3) is 0 Å². The Bertz CT molecular complexity index is 259. The minimum atomic E-state index is -0.514. The number of carbonyl (C=O) groups excluding carboxylic acids is 1. The molecule has 70 valence electrons. The minimum Gasteiger partial charge on any atom is -0.325 e. The Morgan fingerprint density at radius 1 is 1.38 bits per heavy atom. The molecule has 2 aliphatic rings. The van der Waals surface area contributed by atoms with Gasteiger partial charge in [-0.2, -0.15) is 5.26 Å². The molecule has 0 spiro atoms. The number of rotatable bonds is 1. The first-order valence-electron chi connectivity index (χ1n) is 4.74. The molecule has 4 nitrogen and oxygen atoms in total. The predicted octanol–water partition coefficient (Wildman–Crippen LogP) is 0.848. The van der Waals surface area contributed by atoms with E-state index in [0.717, 1.165) is 38.8 Å². The third-order valence-electron chi connectivity index (χ3n) is 2.70. The fourth-order valence-electron chi connectivity index (χ4n) is 1.59. The summed E-state index contributed by atoms with van der Waals surface area (Å²) in [4.78, 5) is 13.3. The first-order valence-corrected chi connectivity index (χ1v) is 4.74. The highest BCUT2D eigenvalue weighted by molar-refractivity contribution is 5.76. The zero-order valence-electron chi connectivity index (χ0n) is 7.55. The molecular formula is C9H13N3O. The number of nitrogens with one attached hydrogen (secondary N) is 1. The van der Waals surface area contributed by atoms with E-state index in [-0.39, 0.29) is 6.03 Å². The summed E-state index contributed by atoms with van der Waals surface area (Å²) in [5.74, 6) is 0. The Morgan fingerprint density at radius 3 is 2.46 bits per heavy atom. The lowest BCUT2D eigenvalue weighted by atomic mass is 10.3. The Balaban J connectivity index is 1.88. The Hall–Kier alpha value is -1.24. The topological polar surface area (TPSA) is 56.1 Å². The van der Waals surface area contributed by atoms with Gasteiger partial charge in [-0.1, -0.05) is 0 Å². The van der Waals surface area contributed by atoms with Gasteiger partial charge in [-0.3, -0.25) is 0 Å². The zero-order chi connectivity index (χ0) is 9.31. The van der Waals surface area contributed by atoms with Crippen LogP contribution in [0.1, 0.15) is 25.7 Å². The van der Waals surface area contributed by atoms with E-state index in [1.807, 2.05) is 0 Å². The van der Waals surface area contributed by atoms with Crippen LogP contribution in [0.2, 0.25) is 0 Å². The normalized spacial score (nSPS) is 23.8. The van der Waals surface area contributed by atoms with Crippen molar-refractivity contribution in [3.8, 4) is 6.07 Å². The fourth-order valence-corrected chi connectivity index (χ4v) is 1.59. The van der Waals surface area contributed by atoms with Gasteiger partial charge in [0.15, 0.2) is 0 Å². The smallest absolute Gasteiger partial charge is 0.318 e. The molecule has 2 amide bonds. The Labute approximate surface area is 77.5 Å². The third kappa shape index (κ3) is 1.59. The molecule has 4 heteroatoms. The van der Waals surface area contributed by atoms with E-state index in [1.165, 1.54) is 0 Å². The van der Waals surface area contributed by atoms with Gasteiger partial charge in [0.2, 0.25) is 0 Å². The molecule has 13 heavy (non-hydrogen) atoms. The van der Waals surface area contributed by atoms with Gasteiger partial charge in [0.1, 0.15) is 5.54 Å². The van der Waals surface area contributed by atoms with E-state index in [2.05, 4.69) is 11.4 Å².